The highest BCUT2D eigenvalue weighted by Gasteiger charge is 2.33. The number of amides is 2. The average Bonchev–Trinajstić information content (AvgIpc) is 3.71. The molecule has 0 spiro atoms. The molecule has 1 aliphatic carbocycles. The summed E-state index contributed by atoms with van der Waals surface area (Å²) in [6, 6.07) is 6.60. The second kappa shape index (κ2) is 13.1. The predicted molar refractivity (Wildman–Crippen MR) is 150 cm³/mol. The van der Waals surface area contributed by atoms with E-state index in [4.69, 9.17) is 18.9 Å². The van der Waals surface area contributed by atoms with Crippen molar-refractivity contribution in [2.24, 2.45) is 18.9 Å². The van der Waals surface area contributed by atoms with Crippen molar-refractivity contribution in [2.75, 3.05) is 43.7 Å². The van der Waals surface area contributed by atoms with Crippen molar-refractivity contribution in [3.63, 3.8) is 0 Å². The number of rotatable bonds is 12. The summed E-state index contributed by atoms with van der Waals surface area (Å²) in [4.78, 5) is 37.1. The van der Waals surface area contributed by atoms with E-state index in [1.54, 1.807) is 60.4 Å². The van der Waals surface area contributed by atoms with E-state index < -0.39 is 0 Å². The Labute approximate surface area is 239 Å². The largest absolute Gasteiger partial charge is 0.488 e. The van der Waals surface area contributed by atoms with Gasteiger partial charge in [0.25, 0.3) is 5.91 Å². The molecule has 2 aromatic heterocycles. The van der Waals surface area contributed by atoms with Gasteiger partial charge in [-0.1, -0.05) is 0 Å². The van der Waals surface area contributed by atoms with Crippen molar-refractivity contribution in [1.29, 1.82) is 0 Å². The van der Waals surface area contributed by atoms with Crippen molar-refractivity contribution in [2.45, 2.75) is 38.7 Å². The zero-order valence-electron chi connectivity index (χ0n) is 23.6. The number of nitrogens with zero attached hydrogens (tertiary/aromatic N) is 5. The molecular formula is C29H36N6O6. The molecule has 0 bridgehead atoms. The van der Waals surface area contributed by atoms with Gasteiger partial charge in [0.1, 0.15) is 17.6 Å². The maximum Gasteiger partial charge on any atom is 0.257 e. The molecule has 3 aromatic rings. The number of nitrogens with one attached hydrogen (secondary N) is 1. The zero-order chi connectivity index (χ0) is 28.8. The van der Waals surface area contributed by atoms with E-state index in [1.807, 2.05) is 6.92 Å². The summed E-state index contributed by atoms with van der Waals surface area (Å²) in [5.41, 5.74) is 0.315. The third-order valence-electron chi connectivity index (χ3n) is 6.92. The Bertz CT molecular complexity index is 1340. The molecule has 1 aromatic carbocycles. The van der Waals surface area contributed by atoms with Crippen LogP contribution in [-0.4, -0.2) is 71.1 Å². The molecule has 2 amide bonds. The molecule has 3 heterocycles. The lowest BCUT2D eigenvalue weighted by Crippen LogP contribution is -2.40. The molecule has 218 valence electrons. The first-order valence-corrected chi connectivity index (χ1v) is 13.9. The van der Waals surface area contributed by atoms with Gasteiger partial charge in [0, 0.05) is 63.7 Å². The van der Waals surface area contributed by atoms with E-state index in [9.17, 15) is 9.59 Å². The first kappa shape index (κ1) is 28.5. The number of carbonyl (C=O) groups excluding carboxylic acids is 2. The van der Waals surface area contributed by atoms with Crippen LogP contribution in [-0.2, 0) is 21.3 Å². The summed E-state index contributed by atoms with van der Waals surface area (Å²) in [5, 5.41) is 6.97. The molecule has 1 saturated heterocycles. The fourth-order valence-corrected chi connectivity index (χ4v) is 4.64. The predicted octanol–water partition coefficient (Wildman–Crippen LogP) is 3.84. The van der Waals surface area contributed by atoms with Crippen LogP contribution in [0.3, 0.4) is 0 Å². The van der Waals surface area contributed by atoms with Gasteiger partial charge in [-0.15, -0.1) is 0 Å². The van der Waals surface area contributed by atoms with Crippen LogP contribution in [0.1, 0.15) is 43.0 Å². The normalized spacial score (nSPS) is 16.2. The molecule has 12 heteroatoms. The minimum atomic E-state index is -0.373. The van der Waals surface area contributed by atoms with Gasteiger partial charge >= 0.3 is 0 Å². The molecule has 0 radical (unpaired) electrons. The number of hydrogen-bond acceptors (Lipinski definition) is 9. The molecule has 2 fully saturated rings. The molecule has 1 atom stereocenters. The number of ether oxygens (including phenoxy) is 4. The van der Waals surface area contributed by atoms with Crippen LogP contribution in [0.15, 0.2) is 42.9 Å². The third kappa shape index (κ3) is 7.80. The Hall–Kier alpha value is -4.03. The van der Waals surface area contributed by atoms with E-state index in [0.29, 0.717) is 73.8 Å². The van der Waals surface area contributed by atoms with Crippen LogP contribution < -0.4 is 19.7 Å². The fourth-order valence-electron chi connectivity index (χ4n) is 4.64. The van der Waals surface area contributed by atoms with E-state index in [2.05, 4.69) is 20.4 Å². The topological polar surface area (TPSA) is 130 Å². The van der Waals surface area contributed by atoms with E-state index in [0.717, 1.165) is 12.8 Å². The number of anilines is 2. The Morgan fingerprint density at radius 3 is 2.56 bits per heavy atom. The third-order valence-corrected chi connectivity index (χ3v) is 6.92. The van der Waals surface area contributed by atoms with Crippen LogP contribution in [0.25, 0.3) is 0 Å². The minimum absolute atomic E-state index is 0.0703. The van der Waals surface area contributed by atoms with Crippen molar-refractivity contribution in [1.82, 2.24) is 19.7 Å². The molecule has 1 saturated carbocycles. The van der Waals surface area contributed by atoms with Crippen LogP contribution >= 0.6 is 0 Å². The van der Waals surface area contributed by atoms with E-state index >= 15 is 0 Å². The standard InChI is InChI=1S/C29H36N6O6/c1-19(18-38-3)40-23-12-22(28(36)32-25-6-9-34(2)33-25)13-24(14-23)41-27-16-30-26(15-31-27)35(17-20-4-5-20)29(37)21-7-10-39-11-8-21/h6,9,12-16,19-21H,4-5,7-8,10-11,17-18H2,1-3H3,(H,32,33,36)/t19-/m0/s1. The highest BCUT2D eigenvalue weighted by Crippen LogP contribution is 2.33. The first-order valence-electron chi connectivity index (χ1n) is 13.9. The summed E-state index contributed by atoms with van der Waals surface area (Å²) in [6.07, 6.45) is 8.19. The van der Waals surface area contributed by atoms with Crippen LogP contribution in [0, 0.1) is 11.8 Å². The summed E-state index contributed by atoms with van der Waals surface area (Å²) in [6.45, 7) is 4.07. The number of aryl methyl sites for hydroxylation is 1. The van der Waals surface area contributed by atoms with Crippen molar-refractivity contribution >= 4 is 23.5 Å². The summed E-state index contributed by atoms with van der Waals surface area (Å²) >= 11 is 0. The van der Waals surface area contributed by atoms with Gasteiger partial charge in [-0.3, -0.25) is 19.2 Å². The monoisotopic (exact) mass is 564 g/mol. The van der Waals surface area contributed by atoms with E-state index in [1.165, 1.54) is 6.20 Å². The Morgan fingerprint density at radius 2 is 1.90 bits per heavy atom. The molecule has 41 heavy (non-hydrogen) atoms. The summed E-state index contributed by atoms with van der Waals surface area (Å²) < 4.78 is 24.2. The number of aromatic nitrogens is 4. The van der Waals surface area contributed by atoms with Gasteiger partial charge < -0.3 is 24.3 Å². The van der Waals surface area contributed by atoms with Gasteiger partial charge in [-0.2, -0.15) is 5.10 Å². The Morgan fingerprint density at radius 1 is 1.12 bits per heavy atom. The lowest BCUT2D eigenvalue weighted by molar-refractivity contribution is -0.125. The Kier molecular flexibility index (Phi) is 9.10. The lowest BCUT2D eigenvalue weighted by Gasteiger charge is -2.28. The van der Waals surface area contributed by atoms with E-state index in [-0.39, 0.29) is 29.7 Å². The SMILES string of the molecule is COC[C@H](C)Oc1cc(Oc2cnc(N(CC3CC3)C(=O)C3CCOCC3)cn2)cc(C(=O)Nc2ccn(C)n2)c1. The maximum absolute atomic E-state index is 13.3. The average molecular weight is 565 g/mol. The zero-order valence-corrected chi connectivity index (χ0v) is 23.6. The van der Waals surface area contributed by atoms with Crippen LogP contribution in [0.4, 0.5) is 11.6 Å². The lowest BCUT2D eigenvalue weighted by atomic mass is 9.98. The second-order valence-corrected chi connectivity index (χ2v) is 10.5. The summed E-state index contributed by atoms with van der Waals surface area (Å²) in [5.74, 6) is 2.04. The molecule has 1 N–H and O–H groups in total. The fraction of sp³-hybridized carbons (Fsp3) is 0.483. The highest BCUT2D eigenvalue weighted by atomic mass is 16.5. The van der Waals surface area contributed by atoms with Crippen LogP contribution in [0.2, 0.25) is 0 Å². The van der Waals surface area contributed by atoms with Crippen molar-refractivity contribution in [3.8, 4) is 17.4 Å². The molecule has 5 rings (SSSR count). The summed E-state index contributed by atoms with van der Waals surface area (Å²) in [7, 11) is 3.36. The van der Waals surface area contributed by atoms with Crippen molar-refractivity contribution < 1.29 is 28.5 Å². The van der Waals surface area contributed by atoms with Gasteiger partial charge in [0.15, 0.2) is 11.6 Å². The molecule has 1 aliphatic heterocycles. The van der Waals surface area contributed by atoms with Crippen molar-refractivity contribution in [3.05, 3.63) is 48.4 Å². The highest BCUT2D eigenvalue weighted by molar-refractivity contribution is 6.04. The van der Waals surface area contributed by atoms with Gasteiger partial charge in [0.05, 0.1) is 19.0 Å². The minimum Gasteiger partial charge on any atom is -0.488 e. The van der Waals surface area contributed by atoms with Gasteiger partial charge in [0.2, 0.25) is 11.8 Å². The van der Waals surface area contributed by atoms with Gasteiger partial charge in [-0.25, -0.2) is 9.97 Å². The second-order valence-electron chi connectivity index (χ2n) is 10.5. The number of benzene rings is 1. The number of hydrogen-bond donors (Lipinski definition) is 1. The number of methoxy groups -OCH3 is 1. The molecule has 2 aliphatic rings. The number of carbonyl (C=O) groups is 2. The maximum atomic E-state index is 13.3. The van der Waals surface area contributed by atoms with Crippen LogP contribution in [0.5, 0.6) is 17.4 Å². The van der Waals surface area contributed by atoms with Gasteiger partial charge in [-0.05, 0) is 50.7 Å². The Balaban J connectivity index is 1.34. The molecular weight excluding hydrogens is 528 g/mol. The first-order chi connectivity index (χ1) is 19.9. The molecule has 0 unspecified atom stereocenters. The smallest absolute Gasteiger partial charge is 0.257 e. The molecule has 12 nitrogen and oxygen atoms in total. The quantitative estimate of drug-likeness (QED) is 0.349.